The monoisotopic (exact) mass is 1140 g/mol. The molecule has 0 bridgehead atoms. The van der Waals surface area contributed by atoms with Gasteiger partial charge in [0.1, 0.15) is 35.2 Å². The quantitative estimate of drug-likeness (QED) is 0.153. The first kappa shape index (κ1) is 57.3. The Labute approximate surface area is 522 Å². The molecule has 0 saturated carbocycles. The molecule has 0 atom stereocenters. The molecular weight excluding hydrogens is 1030 g/mol. The molecule has 5 aromatic carbocycles. The first-order valence-electron chi connectivity index (χ1n) is 32.7. The van der Waals surface area contributed by atoms with Crippen LogP contribution in [0.15, 0.2) is 152 Å². The van der Waals surface area contributed by atoms with Gasteiger partial charge >= 0.3 is 0 Å². The van der Waals surface area contributed by atoms with Crippen molar-refractivity contribution in [1.29, 1.82) is 0 Å². The molecule has 5 nitrogen and oxygen atoms in total. The van der Waals surface area contributed by atoms with Crippen LogP contribution in [0.25, 0.3) is 56.3 Å². The van der Waals surface area contributed by atoms with Crippen molar-refractivity contribution >= 4 is 0 Å². The van der Waals surface area contributed by atoms with Crippen LogP contribution in [0.3, 0.4) is 0 Å². The number of aryl methyl sites for hydroxylation is 18. The van der Waals surface area contributed by atoms with Crippen LogP contribution in [0.4, 0.5) is 0 Å². The molecule has 10 rings (SSSR count). The van der Waals surface area contributed by atoms with Crippen LogP contribution in [0.2, 0.25) is 0 Å². The highest BCUT2D eigenvalue weighted by molar-refractivity contribution is 5.69. The molecular formula is C80H100N5+5. The zero-order chi connectivity index (χ0) is 67.9. The SMILES string of the molecule is Cc1ccc(-c2c(C)ccc(C)[n+]2C)c(C)c1.Cc1ccc(C)c(-c2c(C)ccc(C)[n+]2C)c1.Cc1cccc(-c2c(C)ccc(C)[n+]2C)c1C.[2H]C([2H])([2H])c1ccc(-c2c(C)ccc(C)[n+]2C)c(C)c1.[2H]C([2H])([2H])c1ccc(C)c(-c2cccc(C)c2C)[n+]1C. The Balaban J connectivity index is 0.000000181. The molecule has 0 saturated heterocycles. The second-order valence-electron chi connectivity index (χ2n) is 23.7. The standard InChI is InChI=1S/5C16H20N/c2*1-11-6-9-15(13(3)10-11)16-12(2)7-8-14(4)17(16)5;1-11-6-7-12(2)15(10-11)16-13(3)8-9-14(4)17(16)5;2*1-11-7-6-8-15(14(11)4)16-12(2)9-10-13(3)17(16)5/h5*6-10H,1-5H3/q5*+1/i1D3;;;3D3;. The van der Waals surface area contributed by atoms with Gasteiger partial charge in [-0.05, 0) is 203 Å². The lowest BCUT2D eigenvalue weighted by Gasteiger charge is -2.10. The second kappa shape index (κ2) is 28.6. The number of hydrogen-bond donors (Lipinski definition) is 0. The number of hydrogen-bond acceptors (Lipinski definition) is 0. The van der Waals surface area contributed by atoms with E-state index in [1.165, 1.54) is 123 Å². The van der Waals surface area contributed by atoms with Crippen LogP contribution in [0.5, 0.6) is 0 Å². The van der Waals surface area contributed by atoms with Gasteiger partial charge in [0.05, 0.1) is 0 Å². The molecule has 0 aliphatic carbocycles. The molecule has 0 fully saturated rings. The number of pyridine rings is 5. The highest BCUT2D eigenvalue weighted by atomic mass is 15.0. The Morgan fingerprint density at radius 1 is 0.224 bits per heavy atom. The Morgan fingerprint density at radius 2 is 0.518 bits per heavy atom. The molecule has 440 valence electrons. The number of aromatic nitrogens is 5. The van der Waals surface area contributed by atoms with E-state index in [0.29, 0.717) is 11.3 Å². The predicted octanol–water partition coefficient (Wildman–Crippen LogP) is 17.1. The summed E-state index contributed by atoms with van der Waals surface area (Å²) in [5.41, 5.74) is 35.7. The lowest BCUT2D eigenvalue weighted by Crippen LogP contribution is -2.35. The number of nitrogens with zero attached hydrogens (tertiary/aromatic N) is 5. The van der Waals surface area contributed by atoms with E-state index in [1.54, 1.807) is 22.8 Å². The van der Waals surface area contributed by atoms with E-state index in [-0.39, 0.29) is 0 Å². The summed E-state index contributed by atoms with van der Waals surface area (Å²) in [5.74, 6) is 0. The highest BCUT2D eigenvalue weighted by Gasteiger charge is 2.22. The van der Waals surface area contributed by atoms with Crippen LogP contribution in [-0.2, 0) is 35.2 Å². The Bertz CT molecular complexity index is 4240. The molecule has 5 heteroatoms. The van der Waals surface area contributed by atoms with E-state index >= 15 is 0 Å². The lowest BCUT2D eigenvalue weighted by atomic mass is 9.97. The smallest absolute Gasteiger partial charge is 0.198 e. The normalized spacial score (nSPS) is 12.0. The van der Waals surface area contributed by atoms with Gasteiger partial charge in [-0.3, -0.25) is 0 Å². The fourth-order valence-corrected chi connectivity index (χ4v) is 11.3. The summed E-state index contributed by atoms with van der Waals surface area (Å²) >= 11 is 0. The van der Waals surface area contributed by atoms with Gasteiger partial charge in [-0.2, -0.15) is 22.8 Å². The van der Waals surface area contributed by atoms with Gasteiger partial charge in [0.15, 0.2) is 28.5 Å². The maximum Gasteiger partial charge on any atom is 0.215 e. The third kappa shape index (κ3) is 15.4. The number of benzene rings is 5. The van der Waals surface area contributed by atoms with E-state index in [2.05, 4.69) is 259 Å². The van der Waals surface area contributed by atoms with Crippen molar-refractivity contribution in [3.8, 4) is 56.3 Å². The Kier molecular flexibility index (Phi) is 19.3. The van der Waals surface area contributed by atoms with Crippen LogP contribution in [0.1, 0.15) is 120 Å². The van der Waals surface area contributed by atoms with Gasteiger partial charge in [-0.15, -0.1) is 0 Å². The Hall–Kier alpha value is -8.15. The third-order valence-corrected chi connectivity index (χ3v) is 17.3. The van der Waals surface area contributed by atoms with Crippen LogP contribution >= 0.6 is 0 Å². The lowest BCUT2D eigenvalue weighted by molar-refractivity contribution is -0.667. The zero-order valence-electron chi connectivity index (χ0n) is 61.7. The van der Waals surface area contributed by atoms with Gasteiger partial charge in [-0.1, -0.05) is 77.4 Å². The van der Waals surface area contributed by atoms with Crippen molar-refractivity contribution in [3.63, 3.8) is 0 Å². The molecule has 10 aromatic rings. The summed E-state index contributed by atoms with van der Waals surface area (Å²) in [6, 6.07) is 52.2. The van der Waals surface area contributed by atoms with Crippen molar-refractivity contribution in [2.45, 2.75) is 138 Å². The van der Waals surface area contributed by atoms with E-state index in [9.17, 15) is 0 Å². The van der Waals surface area contributed by atoms with Crippen molar-refractivity contribution < 1.29 is 31.1 Å². The average Bonchev–Trinajstić information content (AvgIpc) is 1.67. The molecule has 0 aliphatic rings. The molecule has 0 aliphatic heterocycles. The fraction of sp³-hybridized carbons (Fsp3) is 0.312. The van der Waals surface area contributed by atoms with E-state index in [4.69, 9.17) is 8.22 Å². The summed E-state index contributed by atoms with van der Waals surface area (Å²) in [4.78, 5) is 0. The molecule has 0 radical (unpaired) electrons. The number of rotatable bonds is 5. The minimum atomic E-state index is -2.10. The van der Waals surface area contributed by atoms with Gasteiger partial charge in [0.2, 0.25) is 28.5 Å². The summed E-state index contributed by atoms with van der Waals surface area (Å²) in [5, 5.41) is 0. The average molecular weight is 1140 g/mol. The molecule has 0 N–H and O–H groups in total. The van der Waals surface area contributed by atoms with Gasteiger partial charge in [-0.25, -0.2) is 0 Å². The summed E-state index contributed by atoms with van der Waals surface area (Å²) in [6.07, 6.45) is 0. The van der Waals surface area contributed by atoms with Crippen molar-refractivity contribution in [1.82, 2.24) is 0 Å². The van der Waals surface area contributed by atoms with Gasteiger partial charge < -0.3 is 0 Å². The van der Waals surface area contributed by atoms with Gasteiger partial charge in [0.25, 0.3) is 0 Å². The maximum atomic E-state index is 7.65. The minimum Gasteiger partial charge on any atom is -0.198 e. The van der Waals surface area contributed by atoms with Crippen molar-refractivity contribution in [2.75, 3.05) is 0 Å². The van der Waals surface area contributed by atoms with Crippen molar-refractivity contribution in [3.05, 3.63) is 264 Å². The highest BCUT2D eigenvalue weighted by Crippen LogP contribution is 2.30. The molecule has 5 heterocycles. The molecule has 5 aromatic heterocycles. The molecule has 0 amide bonds. The van der Waals surface area contributed by atoms with E-state index < -0.39 is 13.7 Å². The van der Waals surface area contributed by atoms with E-state index in [1.807, 2.05) is 52.2 Å². The first-order valence-corrected chi connectivity index (χ1v) is 29.7. The van der Waals surface area contributed by atoms with Crippen LogP contribution in [0, 0.1) is 138 Å². The minimum absolute atomic E-state index is 0.360. The zero-order valence-corrected chi connectivity index (χ0v) is 55.7. The van der Waals surface area contributed by atoms with Crippen molar-refractivity contribution in [2.24, 2.45) is 35.2 Å². The molecule has 0 spiro atoms. The van der Waals surface area contributed by atoms with E-state index in [0.717, 1.165) is 33.6 Å². The summed E-state index contributed by atoms with van der Waals surface area (Å²) < 4.78 is 56.2. The first-order chi connectivity index (χ1) is 42.5. The summed E-state index contributed by atoms with van der Waals surface area (Å²) in [6.45, 7) is 34.1. The summed E-state index contributed by atoms with van der Waals surface area (Å²) in [7, 11) is 10.3. The Morgan fingerprint density at radius 3 is 0.882 bits per heavy atom. The predicted molar refractivity (Wildman–Crippen MR) is 360 cm³/mol. The van der Waals surface area contributed by atoms with Gasteiger partial charge in [0, 0.05) is 129 Å². The topological polar surface area (TPSA) is 19.4 Å². The van der Waals surface area contributed by atoms with Crippen LogP contribution < -0.4 is 22.8 Å². The van der Waals surface area contributed by atoms with Crippen LogP contribution in [-0.4, -0.2) is 0 Å². The maximum absolute atomic E-state index is 7.65. The molecule has 85 heavy (non-hydrogen) atoms. The third-order valence-electron chi connectivity index (χ3n) is 17.3. The molecule has 0 unspecified atom stereocenters. The largest absolute Gasteiger partial charge is 0.215 e. The second-order valence-corrected chi connectivity index (χ2v) is 23.7. The fourth-order valence-electron chi connectivity index (χ4n) is 11.3.